The maximum atomic E-state index is 12.0. The number of amides is 2. The highest BCUT2D eigenvalue weighted by molar-refractivity contribution is 5.90. The predicted octanol–water partition coefficient (Wildman–Crippen LogP) is 0.745. The average Bonchev–Trinajstić information content (AvgIpc) is 2.63. The fraction of sp³-hybridized carbons (Fsp3) is 0.438. The first kappa shape index (κ1) is 20.9. The third-order valence-corrected chi connectivity index (χ3v) is 3.31. The highest BCUT2D eigenvalue weighted by Crippen LogP contribution is 2.28. The van der Waals surface area contributed by atoms with E-state index < -0.39 is 29.1 Å². The Bertz CT molecular complexity index is 690. The van der Waals surface area contributed by atoms with Gasteiger partial charge in [-0.15, -0.1) is 0 Å². The molecular formula is C16H21N3O7. The number of nitrogens with zero attached hydrogens (tertiary/aromatic N) is 2. The number of nitro benzene ring substituents is 1. The smallest absolute Gasteiger partial charge is 0.338 e. The van der Waals surface area contributed by atoms with E-state index in [1.165, 1.54) is 19.2 Å². The molecule has 0 aliphatic rings. The topological polar surface area (TPSA) is 128 Å². The molecule has 1 N–H and O–H groups in total. The maximum absolute atomic E-state index is 12.0. The van der Waals surface area contributed by atoms with Crippen molar-refractivity contribution >= 4 is 23.5 Å². The molecule has 10 heteroatoms. The average molecular weight is 367 g/mol. The van der Waals surface area contributed by atoms with E-state index in [1.54, 1.807) is 0 Å². The quantitative estimate of drug-likeness (QED) is 0.387. The van der Waals surface area contributed by atoms with Crippen LogP contribution in [0.5, 0.6) is 5.75 Å². The lowest BCUT2D eigenvalue weighted by Crippen LogP contribution is -2.40. The third kappa shape index (κ3) is 6.04. The lowest BCUT2D eigenvalue weighted by Gasteiger charge is -2.17. The molecule has 0 atom stereocenters. The van der Waals surface area contributed by atoms with E-state index in [0.29, 0.717) is 6.54 Å². The van der Waals surface area contributed by atoms with Crippen molar-refractivity contribution < 1.29 is 28.8 Å². The molecule has 1 aromatic carbocycles. The summed E-state index contributed by atoms with van der Waals surface area (Å²) >= 11 is 0. The molecule has 142 valence electrons. The molecule has 0 heterocycles. The van der Waals surface area contributed by atoms with Crippen molar-refractivity contribution in [2.75, 3.05) is 33.9 Å². The standard InChI is InChI=1S/C16H21N3O7/c1-4-7-17-14(20)9-18(2)15(21)10-26-13-6-5-11(16(22)25-3)8-12(13)19(23)24/h5-6,8H,4,7,9-10H2,1-3H3,(H,17,20). The summed E-state index contributed by atoms with van der Waals surface area (Å²) in [6, 6.07) is 3.51. The van der Waals surface area contributed by atoms with E-state index in [4.69, 9.17) is 4.74 Å². The summed E-state index contributed by atoms with van der Waals surface area (Å²) < 4.78 is 9.70. The van der Waals surface area contributed by atoms with Gasteiger partial charge in [-0.1, -0.05) is 6.92 Å². The molecule has 0 bridgehead atoms. The number of nitrogens with one attached hydrogen (secondary N) is 1. The van der Waals surface area contributed by atoms with Crippen LogP contribution in [0.15, 0.2) is 18.2 Å². The van der Waals surface area contributed by atoms with Crippen LogP contribution in [-0.4, -0.2) is 61.5 Å². The van der Waals surface area contributed by atoms with Gasteiger partial charge in [0.05, 0.1) is 24.1 Å². The molecule has 0 saturated heterocycles. The minimum atomic E-state index is -0.728. The van der Waals surface area contributed by atoms with Crippen LogP contribution in [0, 0.1) is 10.1 Å². The first-order valence-corrected chi connectivity index (χ1v) is 7.80. The number of carbonyl (C=O) groups excluding carboxylic acids is 3. The Balaban J connectivity index is 2.73. The van der Waals surface area contributed by atoms with E-state index >= 15 is 0 Å². The monoisotopic (exact) mass is 367 g/mol. The number of methoxy groups -OCH3 is 1. The van der Waals surface area contributed by atoms with Gasteiger partial charge >= 0.3 is 11.7 Å². The van der Waals surface area contributed by atoms with E-state index in [9.17, 15) is 24.5 Å². The zero-order chi connectivity index (χ0) is 19.7. The van der Waals surface area contributed by atoms with Crippen LogP contribution in [0.4, 0.5) is 5.69 Å². The summed E-state index contributed by atoms with van der Waals surface area (Å²) in [4.78, 5) is 46.6. The number of hydrogen-bond donors (Lipinski definition) is 1. The summed E-state index contributed by atoms with van der Waals surface area (Å²) in [5.74, 6) is -1.73. The first-order chi connectivity index (χ1) is 12.3. The van der Waals surface area contributed by atoms with Crippen LogP contribution in [0.2, 0.25) is 0 Å². The molecular weight excluding hydrogens is 346 g/mol. The van der Waals surface area contributed by atoms with Gasteiger partial charge in [-0.25, -0.2) is 4.79 Å². The summed E-state index contributed by atoms with van der Waals surface area (Å²) in [6.07, 6.45) is 0.776. The number of likely N-dealkylation sites (N-methyl/N-ethyl adjacent to an activating group) is 1. The van der Waals surface area contributed by atoms with Crippen LogP contribution in [-0.2, 0) is 14.3 Å². The largest absolute Gasteiger partial charge is 0.477 e. The van der Waals surface area contributed by atoms with Gasteiger partial charge in [-0.2, -0.15) is 0 Å². The van der Waals surface area contributed by atoms with Gasteiger partial charge in [0.2, 0.25) is 5.91 Å². The van der Waals surface area contributed by atoms with Crippen LogP contribution >= 0.6 is 0 Å². The molecule has 0 aliphatic heterocycles. The van der Waals surface area contributed by atoms with E-state index in [-0.39, 0.29) is 23.8 Å². The van der Waals surface area contributed by atoms with Crippen molar-refractivity contribution in [2.24, 2.45) is 0 Å². The van der Waals surface area contributed by atoms with Gasteiger partial charge in [-0.05, 0) is 18.6 Å². The molecule has 0 saturated carbocycles. The zero-order valence-corrected chi connectivity index (χ0v) is 14.8. The predicted molar refractivity (Wildman–Crippen MR) is 90.9 cm³/mol. The summed E-state index contributed by atoms with van der Waals surface area (Å²) in [7, 11) is 2.58. The highest BCUT2D eigenvalue weighted by atomic mass is 16.6. The molecule has 1 aromatic rings. The normalized spacial score (nSPS) is 9.96. The number of ether oxygens (including phenoxy) is 2. The summed E-state index contributed by atoms with van der Waals surface area (Å²) in [6.45, 7) is 1.78. The molecule has 2 amide bonds. The Morgan fingerprint density at radius 3 is 2.58 bits per heavy atom. The Labute approximate surface area is 150 Å². The van der Waals surface area contributed by atoms with Gasteiger partial charge in [0, 0.05) is 19.7 Å². The van der Waals surface area contributed by atoms with Gasteiger partial charge in [0.25, 0.3) is 5.91 Å². The summed E-state index contributed by atoms with van der Waals surface area (Å²) in [5.41, 5.74) is -0.480. The fourth-order valence-electron chi connectivity index (χ4n) is 1.90. The van der Waals surface area contributed by atoms with Crippen molar-refractivity contribution in [3.8, 4) is 5.75 Å². The molecule has 10 nitrogen and oxygen atoms in total. The third-order valence-electron chi connectivity index (χ3n) is 3.31. The zero-order valence-electron chi connectivity index (χ0n) is 14.8. The summed E-state index contributed by atoms with van der Waals surface area (Å²) in [5, 5.41) is 13.8. The lowest BCUT2D eigenvalue weighted by molar-refractivity contribution is -0.385. The molecule has 26 heavy (non-hydrogen) atoms. The van der Waals surface area contributed by atoms with E-state index in [2.05, 4.69) is 10.1 Å². The molecule has 0 aliphatic carbocycles. The Kier molecular flexibility index (Phi) is 8.00. The number of hydrogen-bond acceptors (Lipinski definition) is 7. The van der Waals surface area contributed by atoms with Crippen molar-refractivity contribution in [3.05, 3.63) is 33.9 Å². The van der Waals surface area contributed by atoms with E-state index in [0.717, 1.165) is 24.5 Å². The molecule has 0 radical (unpaired) electrons. The van der Waals surface area contributed by atoms with Crippen molar-refractivity contribution in [2.45, 2.75) is 13.3 Å². The van der Waals surface area contributed by atoms with Crippen LogP contribution in [0.25, 0.3) is 0 Å². The Morgan fingerprint density at radius 1 is 1.31 bits per heavy atom. The molecule has 0 unspecified atom stereocenters. The van der Waals surface area contributed by atoms with Gasteiger partial charge < -0.3 is 19.7 Å². The SMILES string of the molecule is CCCNC(=O)CN(C)C(=O)COc1ccc(C(=O)OC)cc1[N+](=O)[O-]. The second-order valence-electron chi connectivity index (χ2n) is 5.32. The number of nitro groups is 1. The van der Waals surface area contributed by atoms with Crippen LogP contribution < -0.4 is 10.1 Å². The van der Waals surface area contributed by atoms with Crippen molar-refractivity contribution in [3.63, 3.8) is 0 Å². The highest BCUT2D eigenvalue weighted by Gasteiger charge is 2.21. The minimum Gasteiger partial charge on any atom is -0.477 e. The van der Waals surface area contributed by atoms with Crippen LogP contribution in [0.1, 0.15) is 23.7 Å². The number of carbonyl (C=O) groups is 3. The van der Waals surface area contributed by atoms with Crippen molar-refractivity contribution in [1.82, 2.24) is 10.2 Å². The second-order valence-corrected chi connectivity index (χ2v) is 5.32. The second kappa shape index (κ2) is 9.97. The number of benzene rings is 1. The van der Waals surface area contributed by atoms with Gasteiger partial charge in [0.1, 0.15) is 0 Å². The number of rotatable bonds is 9. The number of esters is 1. The molecule has 0 aromatic heterocycles. The lowest BCUT2D eigenvalue weighted by atomic mass is 10.2. The van der Waals surface area contributed by atoms with Crippen LogP contribution in [0.3, 0.4) is 0 Å². The fourth-order valence-corrected chi connectivity index (χ4v) is 1.90. The Hall–Kier alpha value is -3.17. The van der Waals surface area contributed by atoms with Gasteiger partial charge in [-0.3, -0.25) is 19.7 Å². The molecule has 0 spiro atoms. The Morgan fingerprint density at radius 2 is 2.00 bits per heavy atom. The molecule has 0 fully saturated rings. The maximum Gasteiger partial charge on any atom is 0.338 e. The molecule has 1 rings (SSSR count). The van der Waals surface area contributed by atoms with Gasteiger partial charge in [0.15, 0.2) is 12.4 Å². The minimum absolute atomic E-state index is 0.0115. The van der Waals surface area contributed by atoms with E-state index in [1.807, 2.05) is 6.92 Å². The first-order valence-electron chi connectivity index (χ1n) is 7.80. The van der Waals surface area contributed by atoms with Crippen molar-refractivity contribution in [1.29, 1.82) is 0 Å².